The van der Waals surface area contributed by atoms with E-state index < -0.39 is 11.2 Å². The van der Waals surface area contributed by atoms with Crippen LogP contribution in [0.5, 0.6) is 5.88 Å². The van der Waals surface area contributed by atoms with Gasteiger partial charge >= 0.3 is 5.69 Å². The van der Waals surface area contributed by atoms with Gasteiger partial charge in [0.15, 0.2) is 0 Å². The Balaban J connectivity index is 2.33. The lowest BCUT2D eigenvalue weighted by Gasteiger charge is -2.11. The Bertz CT molecular complexity index is 729. The minimum Gasteiger partial charge on any atom is -0.494 e. The largest absolute Gasteiger partial charge is 0.494 e. The Kier molecular flexibility index (Phi) is 4.08. The van der Waals surface area contributed by atoms with Crippen molar-refractivity contribution in [3.05, 3.63) is 61.8 Å². The van der Waals surface area contributed by atoms with Crippen LogP contribution in [0.4, 0.5) is 0 Å². The third kappa shape index (κ3) is 2.66. The van der Waals surface area contributed by atoms with Gasteiger partial charge in [-0.05, 0) is 30.9 Å². The third-order valence-corrected chi connectivity index (χ3v) is 3.48. The molecule has 0 saturated carbocycles. The van der Waals surface area contributed by atoms with Crippen LogP contribution in [0.15, 0.2) is 33.9 Å². The molecule has 1 aromatic carbocycles. The Hall–Kier alpha value is -2.30. The van der Waals surface area contributed by atoms with E-state index in [4.69, 9.17) is 0 Å². The van der Waals surface area contributed by atoms with Crippen LogP contribution in [-0.4, -0.2) is 14.7 Å². The summed E-state index contributed by atoms with van der Waals surface area (Å²) < 4.78 is 1.21. The third-order valence-electron chi connectivity index (χ3n) is 3.48. The number of nitrogens with zero attached hydrogens (tertiary/aromatic N) is 1. The SMILES string of the molecule is CCc1c(O)n(CCc2ccccc2C)c(=O)[nH]c1=O. The Morgan fingerprint density at radius 3 is 2.60 bits per heavy atom. The summed E-state index contributed by atoms with van der Waals surface area (Å²) in [6, 6.07) is 7.89. The number of nitrogens with one attached hydrogen (secondary N) is 1. The average molecular weight is 274 g/mol. The van der Waals surface area contributed by atoms with Crippen LogP contribution in [0, 0.1) is 6.92 Å². The zero-order valence-electron chi connectivity index (χ0n) is 11.6. The molecule has 0 aliphatic carbocycles. The first kappa shape index (κ1) is 14.1. The van der Waals surface area contributed by atoms with Crippen LogP contribution in [0.1, 0.15) is 23.6 Å². The minimum atomic E-state index is -0.571. The molecule has 5 nitrogen and oxygen atoms in total. The van der Waals surface area contributed by atoms with Crippen molar-refractivity contribution in [2.45, 2.75) is 33.2 Å². The van der Waals surface area contributed by atoms with Gasteiger partial charge in [-0.1, -0.05) is 31.2 Å². The fraction of sp³-hybridized carbons (Fsp3) is 0.333. The number of aryl methyl sites for hydroxylation is 2. The Morgan fingerprint density at radius 1 is 1.25 bits per heavy atom. The van der Waals surface area contributed by atoms with Crippen molar-refractivity contribution in [1.29, 1.82) is 0 Å². The summed E-state index contributed by atoms with van der Waals surface area (Å²) in [6.45, 7) is 4.10. The Morgan fingerprint density at radius 2 is 1.95 bits per heavy atom. The molecule has 0 unspecified atom stereocenters. The van der Waals surface area contributed by atoms with Crippen molar-refractivity contribution < 1.29 is 5.11 Å². The maximum Gasteiger partial charge on any atom is 0.331 e. The molecule has 0 saturated heterocycles. The average Bonchev–Trinajstić information content (AvgIpc) is 2.40. The zero-order valence-corrected chi connectivity index (χ0v) is 11.6. The van der Waals surface area contributed by atoms with Gasteiger partial charge in [0, 0.05) is 6.54 Å². The molecule has 2 aromatic rings. The molecule has 0 atom stereocenters. The van der Waals surface area contributed by atoms with Crippen LogP contribution >= 0.6 is 0 Å². The Labute approximate surface area is 116 Å². The first-order valence-electron chi connectivity index (χ1n) is 6.64. The van der Waals surface area contributed by atoms with Gasteiger partial charge < -0.3 is 5.11 Å². The molecule has 106 valence electrons. The van der Waals surface area contributed by atoms with E-state index in [-0.39, 0.29) is 11.4 Å². The number of aromatic hydroxyl groups is 1. The number of hydrogen-bond donors (Lipinski definition) is 2. The monoisotopic (exact) mass is 274 g/mol. The molecule has 0 fully saturated rings. The lowest BCUT2D eigenvalue weighted by molar-refractivity contribution is 0.393. The van der Waals surface area contributed by atoms with Gasteiger partial charge in [0.25, 0.3) is 5.56 Å². The van der Waals surface area contributed by atoms with Crippen LogP contribution in [0.2, 0.25) is 0 Å². The number of aromatic amines is 1. The van der Waals surface area contributed by atoms with Gasteiger partial charge in [-0.3, -0.25) is 14.3 Å². The van der Waals surface area contributed by atoms with Crippen molar-refractivity contribution in [3.8, 4) is 5.88 Å². The summed E-state index contributed by atoms with van der Waals surface area (Å²) in [7, 11) is 0. The molecule has 5 heteroatoms. The van der Waals surface area contributed by atoms with Crippen molar-refractivity contribution in [2.24, 2.45) is 0 Å². The molecule has 0 radical (unpaired) electrons. The van der Waals surface area contributed by atoms with Crippen LogP contribution < -0.4 is 11.2 Å². The quantitative estimate of drug-likeness (QED) is 0.884. The highest BCUT2D eigenvalue weighted by atomic mass is 16.3. The summed E-state index contributed by atoms with van der Waals surface area (Å²) >= 11 is 0. The molecule has 1 heterocycles. The molecule has 20 heavy (non-hydrogen) atoms. The van der Waals surface area contributed by atoms with Gasteiger partial charge in [-0.25, -0.2) is 4.79 Å². The lowest BCUT2D eigenvalue weighted by atomic mass is 10.1. The summed E-state index contributed by atoms with van der Waals surface area (Å²) in [5, 5.41) is 10.0. The highest BCUT2D eigenvalue weighted by molar-refractivity contribution is 5.26. The standard InChI is InChI=1S/C15H18N2O3/c1-3-12-13(18)16-15(20)17(14(12)19)9-8-11-7-5-4-6-10(11)2/h4-7,19H,3,8-9H2,1-2H3,(H,16,18,20). The summed E-state index contributed by atoms with van der Waals surface area (Å²) in [4.78, 5) is 25.6. The lowest BCUT2D eigenvalue weighted by Crippen LogP contribution is -2.32. The smallest absolute Gasteiger partial charge is 0.331 e. The fourth-order valence-corrected chi connectivity index (χ4v) is 2.25. The van der Waals surface area contributed by atoms with Gasteiger partial charge in [-0.2, -0.15) is 0 Å². The molecular weight excluding hydrogens is 256 g/mol. The normalized spacial score (nSPS) is 10.7. The fourth-order valence-electron chi connectivity index (χ4n) is 2.25. The number of hydrogen-bond acceptors (Lipinski definition) is 3. The van der Waals surface area contributed by atoms with E-state index in [2.05, 4.69) is 4.98 Å². The van der Waals surface area contributed by atoms with E-state index in [9.17, 15) is 14.7 Å². The van der Waals surface area contributed by atoms with E-state index >= 15 is 0 Å². The number of H-pyrrole nitrogens is 1. The molecule has 0 amide bonds. The van der Waals surface area contributed by atoms with Gasteiger partial charge in [0.1, 0.15) is 0 Å². The molecule has 0 aliphatic heterocycles. The highest BCUT2D eigenvalue weighted by Gasteiger charge is 2.12. The van der Waals surface area contributed by atoms with Crippen molar-refractivity contribution in [2.75, 3.05) is 0 Å². The predicted octanol–water partition coefficient (Wildman–Crippen LogP) is 1.36. The second-order valence-corrected chi connectivity index (χ2v) is 4.74. The number of aromatic nitrogens is 2. The van der Waals surface area contributed by atoms with Crippen molar-refractivity contribution >= 4 is 0 Å². The number of rotatable bonds is 4. The van der Waals surface area contributed by atoms with E-state index in [0.29, 0.717) is 19.4 Å². The number of benzene rings is 1. The second-order valence-electron chi connectivity index (χ2n) is 4.74. The maximum absolute atomic E-state index is 11.8. The van der Waals surface area contributed by atoms with Crippen molar-refractivity contribution in [1.82, 2.24) is 9.55 Å². The summed E-state index contributed by atoms with van der Waals surface area (Å²) in [5.74, 6) is -0.227. The molecule has 2 rings (SSSR count). The topological polar surface area (TPSA) is 75.1 Å². The first-order chi connectivity index (χ1) is 9.54. The van der Waals surface area contributed by atoms with Gasteiger partial charge in [0.2, 0.25) is 5.88 Å². The van der Waals surface area contributed by atoms with Gasteiger partial charge in [-0.15, -0.1) is 0 Å². The van der Waals surface area contributed by atoms with E-state index in [1.807, 2.05) is 31.2 Å². The van der Waals surface area contributed by atoms with Gasteiger partial charge in [0.05, 0.1) is 5.56 Å². The molecule has 2 N–H and O–H groups in total. The van der Waals surface area contributed by atoms with Crippen LogP contribution in [0.3, 0.4) is 0 Å². The summed E-state index contributed by atoms with van der Waals surface area (Å²) in [6.07, 6.45) is 1.00. The maximum atomic E-state index is 11.8. The predicted molar refractivity (Wildman–Crippen MR) is 77.2 cm³/mol. The first-order valence-corrected chi connectivity index (χ1v) is 6.64. The van der Waals surface area contributed by atoms with E-state index in [1.165, 1.54) is 4.57 Å². The second kappa shape index (κ2) is 5.77. The molecule has 0 bridgehead atoms. The molecule has 0 aliphatic rings. The molecule has 0 spiro atoms. The van der Waals surface area contributed by atoms with Crippen LogP contribution in [-0.2, 0) is 19.4 Å². The van der Waals surface area contributed by atoms with E-state index in [1.54, 1.807) is 6.92 Å². The van der Waals surface area contributed by atoms with Crippen molar-refractivity contribution in [3.63, 3.8) is 0 Å². The molecular formula is C15H18N2O3. The zero-order chi connectivity index (χ0) is 14.7. The minimum absolute atomic E-state index is 0.227. The highest BCUT2D eigenvalue weighted by Crippen LogP contribution is 2.13. The van der Waals surface area contributed by atoms with E-state index in [0.717, 1.165) is 11.1 Å². The van der Waals surface area contributed by atoms with Crippen LogP contribution in [0.25, 0.3) is 0 Å². The molecule has 1 aromatic heterocycles. The summed E-state index contributed by atoms with van der Waals surface area (Å²) in [5.41, 5.74) is 1.41.